The molecule has 2 heterocycles. The van der Waals surface area contributed by atoms with Crippen LogP contribution in [0.15, 0.2) is 53.3 Å². The van der Waals surface area contributed by atoms with Gasteiger partial charge in [0.05, 0.1) is 0 Å². The number of nitrogens with one attached hydrogen (secondary N) is 2. The van der Waals surface area contributed by atoms with Crippen molar-refractivity contribution in [1.29, 1.82) is 0 Å². The lowest BCUT2D eigenvalue weighted by atomic mass is 9.99. The maximum absolute atomic E-state index is 13.2. The van der Waals surface area contributed by atoms with E-state index < -0.39 is 11.9 Å². The SMILES string of the molecule is Cc1ccc2[nH]c(=O)c(C(C(=O)Nc3ccc(C(C)C)cc3)N3CCC3=O)cc2c1. The summed E-state index contributed by atoms with van der Waals surface area (Å²) in [5.74, 6) is -0.132. The Labute approximate surface area is 174 Å². The molecule has 2 amide bonds. The van der Waals surface area contributed by atoms with E-state index in [2.05, 4.69) is 24.1 Å². The topological polar surface area (TPSA) is 82.3 Å². The minimum Gasteiger partial charge on any atom is -0.326 e. The first-order valence-corrected chi connectivity index (χ1v) is 10.2. The van der Waals surface area contributed by atoms with Crippen LogP contribution in [0.3, 0.4) is 0 Å². The van der Waals surface area contributed by atoms with Crippen molar-refractivity contribution in [2.24, 2.45) is 0 Å². The number of rotatable bonds is 5. The number of pyridine rings is 1. The first-order chi connectivity index (χ1) is 14.3. The number of aryl methyl sites for hydroxylation is 1. The van der Waals surface area contributed by atoms with E-state index in [1.54, 1.807) is 6.07 Å². The highest BCUT2D eigenvalue weighted by molar-refractivity contribution is 5.99. The van der Waals surface area contributed by atoms with E-state index in [9.17, 15) is 14.4 Å². The van der Waals surface area contributed by atoms with Crippen LogP contribution in [0.5, 0.6) is 0 Å². The van der Waals surface area contributed by atoms with E-state index in [1.807, 2.05) is 49.4 Å². The number of aromatic amines is 1. The third-order valence-electron chi connectivity index (χ3n) is 5.61. The molecule has 3 aromatic rings. The molecule has 4 rings (SSSR count). The number of H-pyrrole nitrogens is 1. The summed E-state index contributed by atoms with van der Waals surface area (Å²) < 4.78 is 0. The van der Waals surface area contributed by atoms with Crippen LogP contribution in [0.2, 0.25) is 0 Å². The number of anilines is 1. The number of hydrogen-bond acceptors (Lipinski definition) is 3. The summed E-state index contributed by atoms with van der Waals surface area (Å²) in [4.78, 5) is 42.5. The first-order valence-electron chi connectivity index (χ1n) is 10.2. The standard InChI is InChI=1S/C24H25N3O3/c1-14(2)16-5-7-18(8-6-16)25-24(30)22(27-11-10-21(27)28)19-13-17-12-15(3)4-9-20(17)26-23(19)29/h4-9,12-14,22H,10-11H2,1-3H3,(H,25,30)(H,26,29). The maximum Gasteiger partial charge on any atom is 0.254 e. The number of β-lactam (4-membered cyclic amide) rings is 1. The number of likely N-dealkylation sites (tertiary alicyclic amines) is 1. The highest BCUT2D eigenvalue weighted by Gasteiger charge is 2.38. The van der Waals surface area contributed by atoms with Crippen molar-refractivity contribution in [2.75, 3.05) is 11.9 Å². The second kappa shape index (κ2) is 7.78. The van der Waals surface area contributed by atoms with E-state index in [0.29, 0.717) is 30.1 Å². The quantitative estimate of drug-likeness (QED) is 0.635. The zero-order valence-corrected chi connectivity index (χ0v) is 17.4. The number of carbonyl (C=O) groups excluding carboxylic acids is 2. The number of amides is 2. The maximum atomic E-state index is 13.2. The van der Waals surface area contributed by atoms with Gasteiger partial charge in [-0.3, -0.25) is 14.4 Å². The van der Waals surface area contributed by atoms with E-state index in [-0.39, 0.29) is 17.0 Å². The van der Waals surface area contributed by atoms with Crippen LogP contribution in [0.1, 0.15) is 48.9 Å². The average Bonchev–Trinajstić information content (AvgIpc) is 2.71. The van der Waals surface area contributed by atoms with Crippen LogP contribution in [0, 0.1) is 6.92 Å². The molecule has 0 bridgehead atoms. The van der Waals surface area contributed by atoms with E-state index in [0.717, 1.165) is 10.9 Å². The molecular formula is C24H25N3O3. The molecule has 6 nitrogen and oxygen atoms in total. The number of carbonyl (C=O) groups is 2. The van der Waals surface area contributed by atoms with Gasteiger partial charge in [0, 0.05) is 29.7 Å². The van der Waals surface area contributed by atoms with Gasteiger partial charge in [0.25, 0.3) is 11.5 Å². The van der Waals surface area contributed by atoms with Gasteiger partial charge in [0.1, 0.15) is 6.04 Å². The summed E-state index contributed by atoms with van der Waals surface area (Å²) in [6.45, 7) is 6.63. The highest BCUT2D eigenvalue weighted by Crippen LogP contribution is 2.28. The third kappa shape index (κ3) is 3.73. The molecule has 0 spiro atoms. The molecule has 0 saturated carbocycles. The van der Waals surface area contributed by atoms with Crippen LogP contribution in [-0.4, -0.2) is 28.2 Å². The van der Waals surface area contributed by atoms with Crippen LogP contribution in [0.4, 0.5) is 5.69 Å². The fraction of sp³-hybridized carbons (Fsp3) is 0.292. The van der Waals surface area contributed by atoms with Crippen molar-refractivity contribution in [3.63, 3.8) is 0 Å². The Hall–Kier alpha value is -3.41. The lowest BCUT2D eigenvalue weighted by Crippen LogP contribution is -2.50. The number of fused-ring (bicyclic) bond motifs is 1. The van der Waals surface area contributed by atoms with Gasteiger partial charge in [-0.1, -0.05) is 37.6 Å². The molecular weight excluding hydrogens is 378 g/mol. The molecule has 1 aliphatic heterocycles. The molecule has 2 aromatic carbocycles. The summed E-state index contributed by atoms with van der Waals surface area (Å²) in [5.41, 5.74) is 3.47. The van der Waals surface area contributed by atoms with Crippen molar-refractivity contribution in [3.05, 3.63) is 75.6 Å². The molecule has 1 unspecified atom stereocenters. The largest absolute Gasteiger partial charge is 0.326 e. The van der Waals surface area contributed by atoms with Crippen LogP contribution < -0.4 is 10.9 Å². The molecule has 1 aromatic heterocycles. The molecule has 1 atom stereocenters. The highest BCUT2D eigenvalue weighted by atomic mass is 16.2. The van der Waals surface area contributed by atoms with Crippen molar-refractivity contribution >= 4 is 28.4 Å². The van der Waals surface area contributed by atoms with E-state index in [1.165, 1.54) is 10.5 Å². The Morgan fingerprint density at radius 3 is 2.40 bits per heavy atom. The van der Waals surface area contributed by atoms with Gasteiger partial charge in [-0.15, -0.1) is 0 Å². The summed E-state index contributed by atoms with van der Waals surface area (Å²) in [5, 5.41) is 3.71. The van der Waals surface area contributed by atoms with Crippen molar-refractivity contribution in [1.82, 2.24) is 9.88 Å². The minimum absolute atomic E-state index is 0.131. The van der Waals surface area contributed by atoms with Gasteiger partial charge < -0.3 is 15.2 Å². The van der Waals surface area contributed by atoms with Gasteiger partial charge in [0.15, 0.2) is 0 Å². The molecule has 1 fully saturated rings. The van der Waals surface area contributed by atoms with E-state index in [4.69, 9.17) is 0 Å². The Kier molecular flexibility index (Phi) is 5.16. The van der Waals surface area contributed by atoms with Crippen molar-refractivity contribution < 1.29 is 9.59 Å². The minimum atomic E-state index is -0.968. The lowest BCUT2D eigenvalue weighted by molar-refractivity contribution is -0.147. The molecule has 1 aliphatic rings. The normalized spacial score (nSPS) is 14.7. The van der Waals surface area contributed by atoms with Gasteiger partial charge in [-0.05, 0) is 54.1 Å². The number of aromatic nitrogens is 1. The van der Waals surface area contributed by atoms with Crippen LogP contribution in [0.25, 0.3) is 10.9 Å². The van der Waals surface area contributed by atoms with Crippen LogP contribution in [-0.2, 0) is 9.59 Å². The molecule has 30 heavy (non-hydrogen) atoms. The predicted octanol–water partition coefficient (Wildman–Crippen LogP) is 3.87. The third-order valence-corrected chi connectivity index (χ3v) is 5.61. The molecule has 0 radical (unpaired) electrons. The Balaban J connectivity index is 1.71. The second-order valence-corrected chi connectivity index (χ2v) is 8.15. The second-order valence-electron chi connectivity index (χ2n) is 8.15. The Bertz CT molecular complexity index is 1180. The molecule has 1 saturated heterocycles. The van der Waals surface area contributed by atoms with Gasteiger partial charge in [-0.25, -0.2) is 0 Å². The lowest BCUT2D eigenvalue weighted by Gasteiger charge is -2.37. The number of nitrogens with zero attached hydrogens (tertiary/aromatic N) is 1. The predicted molar refractivity (Wildman–Crippen MR) is 118 cm³/mol. The summed E-state index contributed by atoms with van der Waals surface area (Å²) in [6.07, 6.45) is 0.386. The molecule has 0 aliphatic carbocycles. The van der Waals surface area contributed by atoms with Gasteiger partial charge >= 0.3 is 0 Å². The zero-order chi connectivity index (χ0) is 21.4. The average molecular weight is 403 g/mol. The Morgan fingerprint density at radius 1 is 1.07 bits per heavy atom. The first kappa shape index (κ1) is 19.9. The smallest absolute Gasteiger partial charge is 0.254 e. The van der Waals surface area contributed by atoms with Crippen LogP contribution >= 0.6 is 0 Å². The zero-order valence-electron chi connectivity index (χ0n) is 17.4. The summed E-state index contributed by atoms with van der Waals surface area (Å²) in [6, 6.07) is 14.1. The number of hydrogen-bond donors (Lipinski definition) is 2. The molecule has 154 valence electrons. The van der Waals surface area contributed by atoms with Crippen molar-refractivity contribution in [3.8, 4) is 0 Å². The number of benzene rings is 2. The van der Waals surface area contributed by atoms with Crippen molar-refractivity contribution in [2.45, 2.75) is 39.2 Å². The monoisotopic (exact) mass is 403 g/mol. The van der Waals surface area contributed by atoms with Gasteiger partial charge in [-0.2, -0.15) is 0 Å². The molecule has 6 heteroatoms. The van der Waals surface area contributed by atoms with E-state index >= 15 is 0 Å². The van der Waals surface area contributed by atoms with Gasteiger partial charge in [0.2, 0.25) is 5.91 Å². The molecule has 2 N–H and O–H groups in total. The Morgan fingerprint density at radius 2 is 1.80 bits per heavy atom. The fourth-order valence-electron chi connectivity index (χ4n) is 3.76. The summed E-state index contributed by atoms with van der Waals surface area (Å²) in [7, 11) is 0. The fourth-order valence-corrected chi connectivity index (χ4v) is 3.76. The summed E-state index contributed by atoms with van der Waals surface area (Å²) >= 11 is 0.